The molecule has 1 amide bonds. The van der Waals surface area contributed by atoms with Gasteiger partial charge in [-0.1, -0.05) is 12.1 Å². The van der Waals surface area contributed by atoms with Crippen molar-refractivity contribution in [2.24, 2.45) is 0 Å². The molecule has 2 aliphatic heterocycles. The Labute approximate surface area is 182 Å². The van der Waals surface area contributed by atoms with Gasteiger partial charge >= 0.3 is 11.9 Å². The molecule has 0 spiro atoms. The zero-order valence-corrected chi connectivity index (χ0v) is 17.4. The van der Waals surface area contributed by atoms with Crippen LogP contribution in [0.4, 0.5) is 0 Å². The van der Waals surface area contributed by atoms with Gasteiger partial charge in [0, 0.05) is 41.9 Å². The van der Waals surface area contributed by atoms with Crippen LogP contribution in [-0.4, -0.2) is 60.6 Å². The molecule has 10 heteroatoms. The predicted octanol–water partition coefficient (Wildman–Crippen LogP) is 1.98. The van der Waals surface area contributed by atoms with Gasteiger partial charge in [0.1, 0.15) is 12.4 Å². The van der Waals surface area contributed by atoms with Crippen LogP contribution in [0.3, 0.4) is 0 Å². The van der Waals surface area contributed by atoms with Crippen molar-refractivity contribution in [1.82, 2.24) is 19.4 Å². The number of imidazole rings is 1. The van der Waals surface area contributed by atoms with Crippen LogP contribution in [0.15, 0.2) is 36.7 Å². The number of rotatable bonds is 4. The molecule has 10 nitrogen and oxygen atoms in total. The smallest absolute Gasteiger partial charge is 0.328 e. The number of H-pyrrole nitrogens is 1. The van der Waals surface area contributed by atoms with Gasteiger partial charge in [0.15, 0.2) is 0 Å². The first-order valence-electron chi connectivity index (χ1n) is 10.1. The molecule has 5 rings (SSSR count). The van der Waals surface area contributed by atoms with Crippen molar-refractivity contribution in [3.05, 3.63) is 59.3 Å². The number of para-hydroxylation sites is 1. The molecular formula is C22H22N4O6. The molecule has 0 radical (unpaired) electrons. The average molecular weight is 438 g/mol. The van der Waals surface area contributed by atoms with Crippen molar-refractivity contribution in [2.45, 2.75) is 26.4 Å². The van der Waals surface area contributed by atoms with Crippen LogP contribution in [0.2, 0.25) is 0 Å². The maximum Gasteiger partial charge on any atom is 0.328 e. The molecule has 2 aliphatic rings. The molecule has 0 fully saturated rings. The summed E-state index contributed by atoms with van der Waals surface area (Å²) in [5.41, 5.74) is 5.02. The number of aromatic amines is 1. The quantitative estimate of drug-likeness (QED) is 0.530. The number of hydrogen-bond donors (Lipinski definition) is 3. The number of benzene rings is 1. The second-order valence-corrected chi connectivity index (χ2v) is 7.43. The normalized spacial score (nSPS) is 14.7. The van der Waals surface area contributed by atoms with E-state index in [-0.39, 0.29) is 5.91 Å². The average Bonchev–Trinajstić information content (AvgIpc) is 3.32. The summed E-state index contributed by atoms with van der Waals surface area (Å²) < 4.78 is 8.05. The largest absolute Gasteiger partial charge is 0.490 e. The number of aliphatic carboxylic acids is 2. The fraction of sp³-hybridized carbons (Fsp3) is 0.273. The molecule has 166 valence electrons. The number of ether oxygens (including phenoxy) is 1. The molecule has 0 bridgehead atoms. The highest BCUT2D eigenvalue weighted by atomic mass is 16.5. The number of carboxylic acids is 2. The molecule has 1 aromatic carbocycles. The first kappa shape index (κ1) is 21.2. The van der Waals surface area contributed by atoms with E-state index in [2.05, 4.69) is 14.5 Å². The Morgan fingerprint density at radius 3 is 2.62 bits per heavy atom. The predicted molar refractivity (Wildman–Crippen MR) is 114 cm³/mol. The summed E-state index contributed by atoms with van der Waals surface area (Å²) in [5.74, 6) is -1.53. The second-order valence-electron chi connectivity index (χ2n) is 7.43. The number of hydrogen-bond acceptors (Lipinski definition) is 5. The number of aromatic nitrogens is 3. The number of nitrogens with zero attached hydrogens (tertiary/aromatic N) is 3. The third kappa shape index (κ3) is 3.94. The Morgan fingerprint density at radius 2 is 1.97 bits per heavy atom. The topological polar surface area (TPSA) is 138 Å². The van der Waals surface area contributed by atoms with Crippen molar-refractivity contribution >= 4 is 28.7 Å². The van der Waals surface area contributed by atoms with Crippen molar-refractivity contribution in [3.63, 3.8) is 0 Å². The lowest BCUT2D eigenvalue weighted by Gasteiger charge is -2.28. The number of aryl methyl sites for hydroxylation is 1. The maximum atomic E-state index is 13.2. The van der Waals surface area contributed by atoms with Gasteiger partial charge in [0.25, 0.3) is 5.91 Å². The van der Waals surface area contributed by atoms with Gasteiger partial charge in [-0.25, -0.2) is 14.6 Å². The third-order valence-electron chi connectivity index (χ3n) is 5.49. The Morgan fingerprint density at radius 1 is 1.22 bits per heavy atom. The fourth-order valence-corrected chi connectivity index (χ4v) is 4.06. The molecule has 0 saturated carbocycles. The molecule has 32 heavy (non-hydrogen) atoms. The third-order valence-corrected chi connectivity index (χ3v) is 5.49. The van der Waals surface area contributed by atoms with Crippen LogP contribution in [0.25, 0.3) is 10.9 Å². The molecule has 3 aromatic rings. The lowest BCUT2D eigenvalue weighted by Crippen LogP contribution is -2.37. The zero-order chi connectivity index (χ0) is 22.8. The van der Waals surface area contributed by atoms with E-state index < -0.39 is 11.9 Å². The van der Waals surface area contributed by atoms with Gasteiger partial charge in [-0.2, -0.15) is 0 Å². The monoisotopic (exact) mass is 438 g/mol. The van der Waals surface area contributed by atoms with Gasteiger partial charge in [-0.3, -0.25) is 4.79 Å². The second kappa shape index (κ2) is 8.58. The zero-order valence-electron chi connectivity index (χ0n) is 17.4. The number of carbonyl (C=O) groups is 3. The Kier molecular flexibility index (Phi) is 5.67. The van der Waals surface area contributed by atoms with E-state index in [1.165, 1.54) is 0 Å². The molecule has 3 N–H and O–H groups in total. The van der Waals surface area contributed by atoms with Crippen LogP contribution in [0.1, 0.15) is 27.4 Å². The van der Waals surface area contributed by atoms with Crippen molar-refractivity contribution in [1.29, 1.82) is 0 Å². The number of fused-ring (bicyclic) bond motifs is 3. The maximum absolute atomic E-state index is 13.2. The Bertz CT molecular complexity index is 1220. The number of carboxylic acid groups (broad SMARTS) is 2. The number of amides is 1. The van der Waals surface area contributed by atoms with E-state index in [0.717, 1.165) is 58.8 Å². The minimum atomic E-state index is -1.26. The minimum Gasteiger partial charge on any atom is -0.490 e. The summed E-state index contributed by atoms with van der Waals surface area (Å²) in [6.45, 7) is 4.74. The van der Waals surface area contributed by atoms with Crippen LogP contribution < -0.4 is 4.74 Å². The van der Waals surface area contributed by atoms with Crippen LogP contribution >= 0.6 is 0 Å². The molecule has 4 heterocycles. The van der Waals surface area contributed by atoms with Crippen LogP contribution in [0, 0.1) is 6.92 Å². The highest BCUT2D eigenvalue weighted by Crippen LogP contribution is 2.38. The van der Waals surface area contributed by atoms with E-state index in [0.29, 0.717) is 25.3 Å². The lowest BCUT2D eigenvalue weighted by molar-refractivity contribution is -0.134. The van der Waals surface area contributed by atoms with E-state index in [1.807, 2.05) is 30.0 Å². The molecular weight excluding hydrogens is 416 g/mol. The molecule has 2 aromatic heterocycles. The standard InChI is InChI=1S/C18H18N4O2.C4H4O4/c1-11-13(20-10-19-11)9-21-6-5-14-16(18(21)23)12-3-2-4-15-17(12)22(14)7-8-24-15;5-3(6)1-2-4(7)8/h2-4,10H,5-9H2,1H3,(H,19,20);1-2H,(H,5,6)(H,7,8)/b;2-1-. The highest BCUT2D eigenvalue weighted by Gasteiger charge is 2.33. The number of nitrogens with one attached hydrogen (secondary N) is 1. The minimum absolute atomic E-state index is 0.0986. The lowest BCUT2D eigenvalue weighted by atomic mass is 10.0. The van der Waals surface area contributed by atoms with Gasteiger partial charge < -0.3 is 29.4 Å². The van der Waals surface area contributed by atoms with E-state index in [1.54, 1.807) is 6.33 Å². The van der Waals surface area contributed by atoms with E-state index >= 15 is 0 Å². The van der Waals surface area contributed by atoms with Gasteiger partial charge in [-0.05, 0) is 13.0 Å². The number of carbonyl (C=O) groups excluding carboxylic acids is 1. The summed E-state index contributed by atoms with van der Waals surface area (Å²) in [7, 11) is 0. The fourth-order valence-electron chi connectivity index (χ4n) is 4.06. The first-order valence-corrected chi connectivity index (χ1v) is 10.1. The molecule has 0 unspecified atom stereocenters. The molecule has 0 atom stereocenters. The van der Waals surface area contributed by atoms with Crippen LogP contribution in [0.5, 0.6) is 5.75 Å². The summed E-state index contributed by atoms with van der Waals surface area (Å²) in [6.07, 6.45) is 3.67. The SMILES string of the molecule is Cc1[nH]cnc1CN1CCc2c(c3cccc4c3n2CCO4)C1=O.O=C(O)/C=C\C(=O)O. The Balaban J connectivity index is 0.000000265. The van der Waals surface area contributed by atoms with Crippen molar-refractivity contribution in [3.8, 4) is 5.75 Å². The molecule has 0 aliphatic carbocycles. The van der Waals surface area contributed by atoms with Crippen LogP contribution in [-0.2, 0) is 29.1 Å². The summed E-state index contributed by atoms with van der Waals surface area (Å²) in [5, 5.41) is 16.6. The summed E-state index contributed by atoms with van der Waals surface area (Å²) in [4.78, 5) is 41.6. The Hall–Kier alpha value is -4.08. The van der Waals surface area contributed by atoms with Gasteiger partial charge in [-0.15, -0.1) is 0 Å². The highest BCUT2D eigenvalue weighted by molar-refractivity contribution is 6.10. The summed E-state index contributed by atoms with van der Waals surface area (Å²) >= 11 is 0. The van der Waals surface area contributed by atoms with Crippen molar-refractivity contribution in [2.75, 3.05) is 13.2 Å². The van der Waals surface area contributed by atoms with Gasteiger partial charge in [0.2, 0.25) is 0 Å². The summed E-state index contributed by atoms with van der Waals surface area (Å²) in [6, 6.07) is 5.99. The molecule has 0 saturated heterocycles. The van der Waals surface area contributed by atoms with E-state index in [9.17, 15) is 14.4 Å². The van der Waals surface area contributed by atoms with Crippen molar-refractivity contribution < 1.29 is 29.3 Å². The first-order chi connectivity index (χ1) is 15.4. The van der Waals surface area contributed by atoms with Gasteiger partial charge in [0.05, 0.1) is 36.2 Å². The van der Waals surface area contributed by atoms with E-state index in [4.69, 9.17) is 14.9 Å².